The van der Waals surface area contributed by atoms with E-state index < -0.39 is 0 Å². The summed E-state index contributed by atoms with van der Waals surface area (Å²) >= 11 is 0. The molecule has 1 heterocycles. The van der Waals surface area contributed by atoms with Gasteiger partial charge in [-0.3, -0.25) is 4.79 Å². The maximum absolute atomic E-state index is 11.5. The highest BCUT2D eigenvalue weighted by molar-refractivity contribution is 5.88. The van der Waals surface area contributed by atoms with Crippen molar-refractivity contribution >= 4 is 5.78 Å². The van der Waals surface area contributed by atoms with E-state index in [1.165, 1.54) is 5.56 Å². The molecule has 1 saturated carbocycles. The molecule has 1 aromatic rings. The van der Waals surface area contributed by atoms with Gasteiger partial charge in [0.2, 0.25) is 0 Å². The Morgan fingerprint density at radius 2 is 2.13 bits per heavy atom. The summed E-state index contributed by atoms with van der Waals surface area (Å²) in [5, 5.41) is 0. The van der Waals surface area contributed by atoms with E-state index in [-0.39, 0.29) is 11.7 Å². The topological polar surface area (TPSA) is 29.6 Å². The van der Waals surface area contributed by atoms with Crippen molar-refractivity contribution in [3.05, 3.63) is 35.9 Å². The minimum Gasteiger partial charge on any atom is -0.357 e. The zero-order valence-electron chi connectivity index (χ0n) is 8.61. The molecule has 0 amide bonds. The molecular formula is C13H14O2. The van der Waals surface area contributed by atoms with Crippen LogP contribution in [0.4, 0.5) is 0 Å². The van der Waals surface area contributed by atoms with Crippen molar-refractivity contribution in [2.45, 2.75) is 37.4 Å². The summed E-state index contributed by atoms with van der Waals surface area (Å²) in [6, 6.07) is 10.3. The van der Waals surface area contributed by atoms with Gasteiger partial charge < -0.3 is 4.74 Å². The lowest BCUT2D eigenvalue weighted by molar-refractivity contribution is -0.120. The van der Waals surface area contributed by atoms with Crippen LogP contribution in [0.2, 0.25) is 0 Å². The number of ether oxygens (including phenoxy) is 1. The van der Waals surface area contributed by atoms with Gasteiger partial charge in [0.25, 0.3) is 0 Å². The van der Waals surface area contributed by atoms with Crippen molar-refractivity contribution < 1.29 is 9.53 Å². The van der Waals surface area contributed by atoms with Crippen LogP contribution in [-0.2, 0) is 16.0 Å². The predicted molar refractivity (Wildman–Crippen MR) is 56.6 cm³/mol. The van der Waals surface area contributed by atoms with Crippen molar-refractivity contribution in [3.8, 4) is 0 Å². The Morgan fingerprint density at radius 1 is 1.33 bits per heavy atom. The maximum Gasteiger partial charge on any atom is 0.164 e. The van der Waals surface area contributed by atoms with Crippen LogP contribution in [0.1, 0.15) is 24.8 Å². The standard InChI is InChI=1S/C13H14O2/c14-11-7-4-8-13(12(11)15-13)9-10-5-2-1-3-6-10/h1-3,5-6,12H,4,7-9H2. The monoisotopic (exact) mass is 202 g/mol. The van der Waals surface area contributed by atoms with E-state index in [0.717, 1.165) is 19.3 Å². The highest BCUT2D eigenvalue weighted by atomic mass is 16.6. The molecule has 0 bridgehead atoms. The summed E-state index contributed by atoms with van der Waals surface area (Å²) in [4.78, 5) is 11.5. The number of carbonyl (C=O) groups is 1. The minimum atomic E-state index is -0.128. The molecule has 0 radical (unpaired) electrons. The smallest absolute Gasteiger partial charge is 0.164 e. The zero-order chi connectivity index (χ0) is 10.3. The Hall–Kier alpha value is -1.15. The highest BCUT2D eigenvalue weighted by Crippen LogP contribution is 2.48. The number of Topliss-reactive ketones (excluding diaryl/α,β-unsaturated/α-hetero) is 1. The van der Waals surface area contributed by atoms with Crippen molar-refractivity contribution in [3.63, 3.8) is 0 Å². The average molecular weight is 202 g/mol. The Morgan fingerprint density at radius 3 is 2.93 bits per heavy atom. The molecule has 2 fully saturated rings. The van der Waals surface area contributed by atoms with Crippen molar-refractivity contribution in [2.75, 3.05) is 0 Å². The van der Waals surface area contributed by atoms with Crippen LogP contribution in [0, 0.1) is 0 Å². The molecule has 3 rings (SSSR count). The Bertz CT molecular complexity index is 385. The fourth-order valence-corrected chi connectivity index (χ4v) is 2.61. The Kier molecular flexibility index (Phi) is 1.93. The lowest BCUT2D eigenvalue weighted by Crippen LogP contribution is -2.28. The second-order valence-corrected chi connectivity index (χ2v) is 4.54. The summed E-state index contributed by atoms with van der Waals surface area (Å²) in [6.45, 7) is 0. The van der Waals surface area contributed by atoms with Gasteiger partial charge in [0.05, 0.1) is 0 Å². The molecule has 15 heavy (non-hydrogen) atoms. The fourth-order valence-electron chi connectivity index (χ4n) is 2.61. The lowest BCUT2D eigenvalue weighted by Gasteiger charge is -2.16. The first-order valence-corrected chi connectivity index (χ1v) is 5.55. The van der Waals surface area contributed by atoms with Gasteiger partial charge in [0.1, 0.15) is 11.7 Å². The van der Waals surface area contributed by atoms with E-state index >= 15 is 0 Å². The number of ketones is 1. The first-order chi connectivity index (χ1) is 7.30. The van der Waals surface area contributed by atoms with E-state index in [1.807, 2.05) is 18.2 Å². The molecule has 2 unspecified atom stereocenters. The van der Waals surface area contributed by atoms with Crippen molar-refractivity contribution in [1.29, 1.82) is 0 Å². The second-order valence-electron chi connectivity index (χ2n) is 4.54. The third-order valence-corrected chi connectivity index (χ3v) is 3.43. The first-order valence-electron chi connectivity index (χ1n) is 5.55. The molecule has 1 aromatic carbocycles. The summed E-state index contributed by atoms with van der Waals surface area (Å²) in [5.74, 6) is 0.303. The average Bonchev–Trinajstić information content (AvgIpc) is 2.95. The number of hydrogen-bond donors (Lipinski definition) is 0. The van der Waals surface area contributed by atoms with Gasteiger partial charge in [0.15, 0.2) is 5.78 Å². The molecule has 0 aromatic heterocycles. The summed E-state index contributed by atoms with van der Waals surface area (Å²) in [7, 11) is 0. The molecule has 2 heteroatoms. The number of epoxide rings is 1. The van der Waals surface area contributed by atoms with Crippen LogP contribution in [-0.4, -0.2) is 17.5 Å². The first kappa shape index (κ1) is 9.10. The summed E-state index contributed by atoms with van der Waals surface area (Å²) in [6.07, 6.45) is 3.54. The SMILES string of the molecule is O=C1CCCC2(Cc3ccccc3)OC12. The molecule has 1 saturated heterocycles. The minimum absolute atomic E-state index is 0.0912. The van der Waals surface area contributed by atoms with Gasteiger partial charge in [-0.15, -0.1) is 0 Å². The van der Waals surface area contributed by atoms with Crippen LogP contribution in [0.25, 0.3) is 0 Å². The number of hydrogen-bond acceptors (Lipinski definition) is 2. The number of fused-ring (bicyclic) bond motifs is 1. The largest absolute Gasteiger partial charge is 0.357 e. The van der Waals surface area contributed by atoms with Crippen LogP contribution in [0.3, 0.4) is 0 Å². The van der Waals surface area contributed by atoms with E-state index in [1.54, 1.807) is 0 Å². The molecule has 2 aliphatic rings. The molecule has 0 N–H and O–H groups in total. The number of benzene rings is 1. The molecule has 1 aliphatic carbocycles. The molecule has 0 spiro atoms. The Balaban J connectivity index is 1.77. The van der Waals surface area contributed by atoms with Gasteiger partial charge >= 0.3 is 0 Å². The Labute approximate surface area is 89.2 Å². The van der Waals surface area contributed by atoms with E-state index in [4.69, 9.17) is 4.74 Å². The third-order valence-electron chi connectivity index (χ3n) is 3.43. The maximum atomic E-state index is 11.5. The normalized spacial score (nSPS) is 33.6. The van der Waals surface area contributed by atoms with Crippen LogP contribution in [0.5, 0.6) is 0 Å². The molecule has 1 aliphatic heterocycles. The van der Waals surface area contributed by atoms with Gasteiger partial charge in [0, 0.05) is 12.8 Å². The van der Waals surface area contributed by atoms with Gasteiger partial charge in [-0.25, -0.2) is 0 Å². The third kappa shape index (κ3) is 1.49. The molecule has 2 nitrogen and oxygen atoms in total. The van der Waals surface area contributed by atoms with Gasteiger partial charge in [-0.05, 0) is 18.4 Å². The number of carbonyl (C=O) groups excluding carboxylic acids is 1. The van der Waals surface area contributed by atoms with E-state index in [0.29, 0.717) is 12.2 Å². The van der Waals surface area contributed by atoms with Crippen LogP contribution >= 0.6 is 0 Å². The predicted octanol–water partition coefficient (Wildman–Crippen LogP) is 2.12. The van der Waals surface area contributed by atoms with Gasteiger partial charge in [-0.2, -0.15) is 0 Å². The summed E-state index contributed by atoms with van der Waals surface area (Å²) in [5.41, 5.74) is 1.14. The fraction of sp³-hybridized carbons (Fsp3) is 0.462. The molecular weight excluding hydrogens is 188 g/mol. The quantitative estimate of drug-likeness (QED) is 0.687. The molecule has 2 atom stereocenters. The van der Waals surface area contributed by atoms with E-state index in [2.05, 4.69) is 12.1 Å². The van der Waals surface area contributed by atoms with Gasteiger partial charge in [-0.1, -0.05) is 30.3 Å². The molecule has 78 valence electrons. The second kappa shape index (κ2) is 3.17. The van der Waals surface area contributed by atoms with Crippen LogP contribution < -0.4 is 0 Å². The lowest BCUT2D eigenvalue weighted by atomic mass is 9.84. The van der Waals surface area contributed by atoms with Crippen molar-refractivity contribution in [2.24, 2.45) is 0 Å². The zero-order valence-corrected chi connectivity index (χ0v) is 8.61. The summed E-state index contributed by atoms with van der Waals surface area (Å²) < 4.78 is 5.63. The van der Waals surface area contributed by atoms with Crippen molar-refractivity contribution in [1.82, 2.24) is 0 Å². The van der Waals surface area contributed by atoms with E-state index in [9.17, 15) is 4.79 Å². The van der Waals surface area contributed by atoms with Crippen LogP contribution in [0.15, 0.2) is 30.3 Å². The highest BCUT2D eigenvalue weighted by Gasteiger charge is 2.61. The number of rotatable bonds is 2.